The number of carbonyl (C=O) groups excluding carboxylic acids is 1. The molecule has 164 valence electrons. The summed E-state index contributed by atoms with van der Waals surface area (Å²) in [5, 5.41) is 3.62. The van der Waals surface area contributed by atoms with E-state index in [0.29, 0.717) is 19.3 Å². The first-order chi connectivity index (χ1) is 14.2. The van der Waals surface area contributed by atoms with Gasteiger partial charge in [0.15, 0.2) is 0 Å². The molecule has 5 nitrogen and oxygen atoms in total. The quantitative estimate of drug-likeness (QED) is 0.698. The molecule has 2 aliphatic rings. The van der Waals surface area contributed by atoms with Crippen LogP contribution >= 0.6 is 0 Å². The third-order valence-corrected chi connectivity index (χ3v) is 5.82. The van der Waals surface area contributed by atoms with Crippen molar-refractivity contribution in [1.29, 1.82) is 0 Å². The van der Waals surface area contributed by atoms with Crippen LogP contribution in [-0.2, 0) is 12.7 Å². The maximum absolute atomic E-state index is 12.7. The van der Waals surface area contributed by atoms with E-state index < -0.39 is 17.8 Å². The highest BCUT2D eigenvalue weighted by atomic mass is 19.4. The highest BCUT2D eigenvalue weighted by Crippen LogP contribution is 2.40. The van der Waals surface area contributed by atoms with Crippen molar-refractivity contribution >= 4 is 6.03 Å². The molecule has 1 spiro atoms. The molecule has 3 heterocycles. The van der Waals surface area contributed by atoms with Crippen LogP contribution in [-0.4, -0.2) is 51.8 Å². The van der Waals surface area contributed by atoms with Gasteiger partial charge < -0.3 is 4.90 Å². The standard InChI is InChI=1S/C20H23F3N4O.C2H6/c1-15-3-2-4-16(9-15)11-25-7-5-19(13-25)6-8-26(14-19)18(28)27-12-17(10-24-27)20(21,22)23;1-2/h2-4,9-10,12H,5-8,11,13-14H2,1H3;1-2H3. The van der Waals surface area contributed by atoms with Gasteiger partial charge in [-0.3, -0.25) is 4.90 Å². The van der Waals surface area contributed by atoms with Crippen molar-refractivity contribution in [2.24, 2.45) is 5.41 Å². The van der Waals surface area contributed by atoms with Crippen LogP contribution in [0.2, 0.25) is 0 Å². The lowest BCUT2D eigenvalue weighted by Gasteiger charge is -2.24. The van der Waals surface area contributed by atoms with Crippen molar-refractivity contribution in [3.63, 3.8) is 0 Å². The molecule has 8 heteroatoms. The molecule has 1 aromatic carbocycles. The third-order valence-electron chi connectivity index (χ3n) is 5.82. The number of hydrogen-bond donors (Lipinski definition) is 0. The van der Waals surface area contributed by atoms with E-state index in [4.69, 9.17) is 0 Å². The Hall–Kier alpha value is -2.35. The normalized spacial score (nSPS) is 21.7. The Morgan fingerprint density at radius 2 is 1.90 bits per heavy atom. The molecular formula is C22H29F3N4O. The lowest BCUT2D eigenvalue weighted by molar-refractivity contribution is -0.137. The Balaban J connectivity index is 0.00000124. The second-order valence-electron chi connectivity index (χ2n) is 8.08. The summed E-state index contributed by atoms with van der Waals surface area (Å²) in [5.74, 6) is 0. The second-order valence-corrected chi connectivity index (χ2v) is 8.08. The Kier molecular flexibility index (Phi) is 6.55. The van der Waals surface area contributed by atoms with Crippen LogP contribution in [0.5, 0.6) is 0 Å². The van der Waals surface area contributed by atoms with Crippen LogP contribution in [0.4, 0.5) is 18.0 Å². The Bertz CT molecular complexity index is 879. The van der Waals surface area contributed by atoms with Crippen LogP contribution in [0.25, 0.3) is 0 Å². The number of amides is 1. The SMILES string of the molecule is CC.Cc1cccc(CN2CCC3(CCN(C(=O)n4cc(C(F)(F)F)cn4)C3)C2)c1. The van der Waals surface area contributed by atoms with Crippen molar-refractivity contribution in [2.75, 3.05) is 26.2 Å². The highest BCUT2D eigenvalue weighted by Gasteiger charge is 2.45. The zero-order chi connectivity index (χ0) is 21.9. The molecule has 2 saturated heterocycles. The monoisotopic (exact) mass is 422 g/mol. The van der Waals surface area contributed by atoms with Gasteiger partial charge in [-0.15, -0.1) is 0 Å². The molecule has 1 aromatic heterocycles. The van der Waals surface area contributed by atoms with E-state index in [-0.39, 0.29) is 5.41 Å². The summed E-state index contributed by atoms with van der Waals surface area (Å²) in [5.41, 5.74) is 1.64. The minimum atomic E-state index is -4.49. The topological polar surface area (TPSA) is 41.4 Å². The molecule has 0 bridgehead atoms. The van der Waals surface area contributed by atoms with Gasteiger partial charge in [-0.25, -0.2) is 4.79 Å². The van der Waals surface area contributed by atoms with Gasteiger partial charge in [-0.05, 0) is 31.9 Å². The molecule has 1 unspecified atom stereocenters. The van der Waals surface area contributed by atoms with Crippen molar-refractivity contribution < 1.29 is 18.0 Å². The van der Waals surface area contributed by atoms with Gasteiger partial charge >= 0.3 is 12.2 Å². The number of carbonyl (C=O) groups is 1. The van der Waals surface area contributed by atoms with Gasteiger partial charge in [-0.2, -0.15) is 23.0 Å². The van der Waals surface area contributed by atoms with Gasteiger partial charge in [0.2, 0.25) is 0 Å². The van der Waals surface area contributed by atoms with Crippen LogP contribution in [0.3, 0.4) is 0 Å². The largest absolute Gasteiger partial charge is 0.419 e. The molecule has 0 radical (unpaired) electrons. The summed E-state index contributed by atoms with van der Waals surface area (Å²) in [4.78, 5) is 16.6. The number of nitrogens with zero attached hydrogens (tertiary/aromatic N) is 4. The number of alkyl halides is 3. The molecule has 2 fully saturated rings. The number of rotatable bonds is 2. The summed E-state index contributed by atoms with van der Waals surface area (Å²) in [6.07, 6.45) is -1.16. The zero-order valence-corrected chi connectivity index (χ0v) is 17.7. The van der Waals surface area contributed by atoms with Gasteiger partial charge in [0.1, 0.15) is 0 Å². The molecule has 2 aliphatic heterocycles. The van der Waals surface area contributed by atoms with Crippen LogP contribution < -0.4 is 0 Å². The van der Waals surface area contributed by atoms with Gasteiger partial charge in [-0.1, -0.05) is 43.7 Å². The van der Waals surface area contributed by atoms with Crippen LogP contribution in [0.1, 0.15) is 43.4 Å². The average molecular weight is 422 g/mol. The van der Waals surface area contributed by atoms with Gasteiger partial charge in [0.25, 0.3) is 0 Å². The zero-order valence-electron chi connectivity index (χ0n) is 17.7. The van der Waals surface area contributed by atoms with Crippen molar-refractivity contribution in [3.8, 4) is 0 Å². The number of aryl methyl sites for hydroxylation is 1. The number of benzene rings is 1. The minimum Gasteiger partial charge on any atom is -0.322 e. The summed E-state index contributed by atoms with van der Waals surface area (Å²) >= 11 is 0. The Labute approximate surface area is 175 Å². The Morgan fingerprint density at radius 1 is 1.17 bits per heavy atom. The molecule has 30 heavy (non-hydrogen) atoms. The Morgan fingerprint density at radius 3 is 2.57 bits per heavy atom. The lowest BCUT2D eigenvalue weighted by atomic mass is 9.86. The average Bonchev–Trinajstić information content (AvgIpc) is 3.44. The van der Waals surface area contributed by atoms with Crippen LogP contribution in [0, 0.1) is 12.3 Å². The predicted octanol–water partition coefficient (Wildman–Crippen LogP) is 4.80. The van der Waals surface area contributed by atoms with E-state index in [1.165, 1.54) is 11.1 Å². The van der Waals surface area contributed by atoms with Crippen molar-refractivity contribution in [1.82, 2.24) is 19.6 Å². The molecule has 0 saturated carbocycles. The lowest BCUT2D eigenvalue weighted by Crippen LogP contribution is -2.36. The fourth-order valence-electron chi connectivity index (χ4n) is 4.38. The maximum Gasteiger partial charge on any atom is 0.419 e. The molecule has 1 atom stereocenters. The van der Waals surface area contributed by atoms with E-state index in [2.05, 4.69) is 41.2 Å². The third kappa shape index (κ3) is 4.86. The maximum atomic E-state index is 12.7. The van der Waals surface area contributed by atoms with Crippen LogP contribution in [0.15, 0.2) is 36.7 Å². The first-order valence-electron chi connectivity index (χ1n) is 10.4. The fourth-order valence-corrected chi connectivity index (χ4v) is 4.38. The first-order valence-corrected chi connectivity index (χ1v) is 10.4. The summed E-state index contributed by atoms with van der Waals surface area (Å²) < 4.78 is 39.0. The number of halogens is 3. The van der Waals surface area contributed by atoms with E-state index in [9.17, 15) is 18.0 Å². The number of likely N-dealkylation sites (tertiary alicyclic amines) is 2. The minimum absolute atomic E-state index is 0.0273. The van der Waals surface area contributed by atoms with E-state index in [1.807, 2.05) is 13.8 Å². The summed E-state index contributed by atoms with van der Waals surface area (Å²) in [6.45, 7) is 9.95. The van der Waals surface area contributed by atoms with Crippen molar-refractivity contribution in [3.05, 3.63) is 53.3 Å². The van der Waals surface area contributed by atoms with E-state index in [0.717, 1.165) is 43.4 Å². The second kappa shape index (κ2) is 8.79. The van der Waals surface area contributed by atoms with Gasteiger partial charge in [0.05, 0.1) is 11.8 Å². The molecule has 0 aliphatic carbocycles. The summed E-state index contributed by atoms with van der Waals surface area (Å²) in [6, 6.07) is 7.97. The predicted molar refractivity (Wildman–Crippen MR) is 109 cm³/mol. The van der Waals surface area contributed by atoms with Gasteiger partial charge in [0, 0.05) is 37.8 Å². The molecule has 2 aromatic rings. The summed E-state index contributed by atoms with van der Waals surface area (Å²) in [7, 11) is 0. The molecule has 1 amide bonds. The smallest absolute Gasteiger partial charge is 0.322 e. The molecule has 0 N–H and O–H groups in total. The van der Waals surface area contributed by atoms with E-state index in [1.54, 1.807) is 4.90 Å². The number of hydrogen-bond acceptors (Lipinski definition) is 3. The number of aromatic nitrogens is 2. The first kappa shape index (κ1) is 22.3. The molecule has 4 rings (SSSR count). The fraction of sp³-hybridized carbons (Fsp3) is 0.545. The highest BCUT2D eigenvalue weighted by molar-refractivity contribution is 5.76. The van der Waals surface area contributed by atoms with Crippen molar-refractivity contribution in [2.45, 2.75) is 46.3 Å². The molecular weight excluding hydrogens is 393 g/mol. The van der Waals surface area contributed by atoms with E-state index >= 15 is 0 Å².